The van der Waals surface area contributed by atoms with Gasteiger partial charge in [-0.1, -0.05) is 0 Å². The summed E-state index contributed by atoms with van der Waals surface area (Å²) in [5.74, 6) is -0.971. The van der Waals surface area contributed by atoms with Gasteiger partial charge in [0.15, 0.2) is 0 Å². The Bertz CT molecular complexity index is 473. The van der Waals surface area contributed by atoms with Gasteiger partial charge in [0, 0.05) is 6.20 Å². The van der Waals surface area contributed by atoms with Crippen LogP contribution in [0.3, 0.4) is 0 Å². The van der Waals surface area contributed by atoms with Crippen molar-refractivity contribution in [3.8, 4) is 0 Å². The van der Waals surface area contributed by atoms with Crippen molar-refractivity contribution in [2.45, 2.75) is 16.9 Å². The lowest BCUT2D eigenvalue weighted by molar-refractivity contribution is -0.137. The highest BCUT2D eigenvalue weighted by molar-refractivity contribution is 6.52. The second kappa shape index (κ2) is 4.28. The number of pyridine rings is 1. The molecule has 1 heterocycles. The van der Waals surface area contributed by atoms with Crippen LogP contribution in [0.1, 0.15) is 12.0 Å². The Morgan fingerprint density at radius 2 is 2.06 bits per heavy atom. The predicted molar refractivity (Wildman–Crippen MR) is 60.4 cm³/mol. The number of halogens is 5. The summed E-state index contributed by atoms with van der Waals surface area (Å²) in [4.78, 5) is 15.0. The number of carbonyl (C=O) groups excluding carboxylic acids is 1. The molecule has 0 aliphatic heterocycles. The maximum Gasteiger partial charge on any atom is 0.417 e. The van der Waals surface area contributed by atoms with Crippen molar-refractivity contribution < 1.29 is 18.0 Å². The van der Waals surface area contributed by atoms with E-state index in [1.165, 1.54) is 0 Å². The molecule has 0 bridgehead atoms. The van der Waals surface area contributed by atoms with E-state index in [-0.39, 0.29) is 5.82 Å². The number of anilines is 1. The van der Waals surface area contributed by atoms with Crippen molar-refractivity contribution in [1.82, 2.24) is 4.98 Å². The molecular weight excluding hydrogens is 292 g/mol. The number of aromatic nitrogens is 1. The Balaban J connectivity index is 2.01. The van der Waals surface area contributed by atoms with E-state index >= 15 is 0 Å². The Hall–Kier alpha value is -1.01. The number of rotatable bonds is 2. The van der Waals surface area contributed by atoms with Gasteiger partial charge in [-0.3, -0.25) is 4.79 Å². The highest BCUT2D eigenvalue weighted by Crippen LogP contribution is 2.53. The molecule has 1 aromatic rings. The Morgan fingerprint density at radius 1 is 1.44 bits per heavy atom. The minimum Gasteiger partial charge on any atom is -0.310 e. The van der Waals surface area contributed by atoms with Gasteiger partial charge in [0.05, 0.1) is 11.5 Å². The molecule has 0 spiro atoms. The molecule has 98 valence electrons. The van der Waals surface area contributed by atoms with E-state index in [2.05, 4.69) is 10.3 Å². The van der Waals surface area contributed by atoms with Gasteiger partial charge in [0.1, 0.15) is 10.2 Å². The van der Waals surface area contributed by atoms with Crippen LogP contribution in [0.2, 0.25) is 0 Å². The van der Waals surface area contributed by atoms with Crippen LogP contribution in [0.15, 0.2) is 18.3 Å². The van der Waals surface area contributed by atoms with Crippen molar-refractivity contribution in [3.63, 3.8) is 0 Å². The molecule has 1 aliphatic rings. The first-order valence-corrected chi connectivity index (χ1v) is 5.68. The summed E-state index contributed by atoms with van der Waals surface area (Å²) < 4.78 is 35.7. The average Bonchev–Trinajstić information content (AvgIpc) is 2.87. The molecule has 1 amide bonds. The molecular formula is C10H7Cl2F3N2O. The van der Waals surface area contributed by atoms with Gasteiger partial charge < -0.3 is 5.32 Å². The fourth-order valence-electron chi connectivity index (χ4n) is 1.35. The smallest absolute Gasteiger partial charge is 0.310 e. The number of nitrogens with zero attached hydrogens (tertiary/aromatic N) is 1. The number of nitrogens with one attached hydrogen (secondary N) is 1. The number of alkyl halides is 5. The number of hydrogen-bond acceptors (Lipinski definition) is 2. The molecule has 0 unspecified atom stereocenters. The summed E-state index contributed by atoms with van der Waals surface area (Å²) in [7, 11) is 0. The average molecular weight is 299 g/mol. The Labute approximate surface area is 110 Å². The highest BCUT2D eigenvalue weighted by Gasteiger charge is 2.56. The molecule has 1 atom stereocenters. The number of amides is 1. The van der Waals surface area contributed by atoms with Gasteiger partial charge in [-0.05, 0) is 18.6 Å². The van der Waals surface area contributed by atoms with E-state index in [1.54, 1.807) is 0 Å². The first-order valence-electron chi connectivity index (χ1n) is 4.92. The van der Waals surface area contributed by atoms with E-state index in [4.69, 9.17) is 23.2 Å². The van der Waals surface area contributed by atoms with E-state index in [1.807, 2.05) is 0 Å². The molecule has 0 radical (unpaired) electrons. The van der Waals surface area contributed by atoms with Crippen molar-refractivity contribution in [1.29, 1.82) is 0 Å². The Kier molecular flexibility index (Phi) is 3.19. The summed E-state index contributed by atoms with van der Waals surface area (Å²) in [6.07, 6.45) is -3.48. The normalized spacial score (nSPS) is 21.5. The minimum atomic E-state index is -4.45. The fraction of sp³-hybridized carbons (Fsp3) is 0.400. The van der Waals surface area contributed by atoms with Gasteiger partial charge >= 0.3 is 6.18 Å². The van der Waals surface area contributed by atoms with E-state index in [9.17, 15) is 18.0 Å². The van der Waals surface area contributed by atoms with Crippen LogP contribution < -0.4 is 5.32 Å². The zero-order chi connectivity index (χ0) is 13.6. The first kappa shape index (κ1) is 13.4. The number of hydrogen-bond donors (Lipinski definition) is 1. The third-order valence-corrected chi connectivity index (χ3v) is 3.32. The summed E-state index contributed by atoms with van der Waals surface area (Å²) in [5, 5.41) is 2.35. The standard InChI is InChI=1S/C10H7Cl2F3N2O/c11-9(12)3-6(9)8(18)17-7-2-1-5(4-16-7)10(13,14)15/h1-2,4,6H,3H2,(H,16,17,18)/t6-/m0/s1. The quantitative estimate of drug-likeness (QED) is 0.852. The van der Waals surface area contributed by atoms with Gasteiger partial charge in [0.25, 0.3) is 0 Å². The molecule has 1 aromatic heterocycles. The lowest BCUT2D eigenvalue weighted by atomic mass is 10.3. The Morgan fingerprint density at radius 3 is 2.44 bits per heavy atom. The maximum atomic E-state index is 12.3. The molecule has 1 N–H and O–H groups in total. The molecule has 1 aliphatic carbocycles. The van der Waals surface area contributed by atoms with Crippen LogP contribution in [-0.2, 0) is 11.0 Å². The third kappa shape index (κ3) is 2.87. The van der Waals surface area contributed by atoms with Crippen molar-refractivity contribution in [2.75, 3.05) is 5.32 Å². The largest absolute Gasteiger partial charge is 0.417 e. The van der Waals surface area contributed by atoms with E-state index < -0.39 is 27.9 Å². The molecule has 2 rings (SSSR count). The van der Waals surface area contributed by atoms with Crippen molar-refractivity contribution in [3.05, 3.63) is 23.9 Å². The van der Waals surface area contributed by atoms with Crippen LogP contribution in [0.4, 0.5) is 19.0 Å². The molecule has 8 heteroatoms. The molecule has 0 saturated heterocycles. The molecule has 3 nitrogen and oxygen atoms in total. The van der Waals surface area contributed by atoms with Gasteiger partial charge in [0.2, 0.25) is 5.91 Å². The fourth-order valence-corrected chi connectivity index (χ4v) is 1.85. The predicted octanol–water partition coefficient (Wildman–Crippen LogP) is 3.23. The van der Waals surface area contributed by atoms with Gasteiger partial charge in [-0.2, -0.15) is 13.2 Å². The van der Waals surface area contributed by atoms with Crippen LogP contribution in [0.5, 0.6) is 0 Å². The van der Waals surface area contributed by atoms with Crippen molar-refractivity contribution in [2.24, 2.45) is 5.92 Å². The van der Waals surface area contributed by atoms with Crippen LogP contribution in [0.25, 0.3) is 0 Å². The maximum absolute atomic E-state index is 12.3. The van der Waals surface area contributed by atoms with Crippen LogP contribution in [0, 0.1) is 5.92 Å². The lowest BCUT2D eigenvalue weighted by Gasteiger charge is -2.07. The summed E-state index contributed by atoms with van der Waals surface area (Å²) >= 11 is 11.4. The third-order valence-electron chi connectivity index (χ3n) is 2.48. The topological polar surface area (TPSA) is 42.0 Å². The SMILES string of the molecule is O=C(Nc1ccc(C(F)(F)F)cn1)[C@@H]1CC1(Cl)Cl. The zero-order valence-electron chi connectivity index (χ0n) is 8.76. The molecule has 1 fully saturated rings. The summed E-state index contributed by atoms with van der Waals surface area (Å²) in [6.45, 7) is 0. The number of carbonyl (C=O) groups is 1. The zero-order valence-corrected chi connectivity index (χ0v) is 10.3. The second-order valence-corrected chi connectivity index (χ2v) is 5.48. The second-order valence-electron chi connectivity index (χ2n) is 3.94. The molecule has 1 saturated carbocycles. The van der Waals surface area contributed by atoms with Crippen LogP contribution in [-0.4, -0.2) is 15.2 Å². The van der Waals surface area contributed by atoms with Gasteiger partial charge in [-0.25, -0.2) is 4.98 Å². The minimum absolute atomic E-state index is 0.0315. The first-order chi connectivity index (χ1) is 8.20. The lowest BCUT2D eigenvalue weighted by Crippen LogP contribution is -2.18. The summed E-state index contributed by atoms with van der Waals surface area (Å²) in [6, 6.07) is 1.91. The summed E-state index contributed by atoms with van der Waals surface area (Å²) in [5.41, 5.74) is -0.879. The molecule has 18 heavy (non-hydrogen) atoms. The monoisotopic (exact) mass is 298 g/mol. The molecule has 0 aromatic carbocycles. The highest BCUT2D eigenvalue weighted by atomic mass is 35.5. The van der Waals surface area contributed by atoms with E-state index in [0.29, 0.717) is 12.6 Å². The van der Waals surface area contributed by atoms with E-state index in [0.717, 1.165) is 12.1 Å². The van der Waals surface area contributed by atoms with Crippen molar-refractivity contribution >= 4 is 34.9 Å². The van der Waals surface area contributed by atoms with Gasteiger partial charge in [-0.15, -0.1) is 23.2 Å². The van der Waals surface area contributed by atoms with Crippen LogP contribution >= 0.6 is 23.2 Å².